The van der Waals surface area contributed by atoms with E-state index in [0.717, 1.165) is 5.56 Å². The molecule has 9 nitrogen and oxygen atoms in total. The number of nitrogens with one attached hydrogen (secondary N) is 2. The van der Waals surface area contributed by atoms with Crippen molar-refractivity contribution in [2.24, 2.45) is 0 Å². The van der Waals surface area contributed by atoms with Crippen LogP contribution >= 0.6 is 0 Å². The number of nitrogens with two attached hydrogens (primary N) is 1. The number of carbonyl (C=O) groups excluding carboxylic acids is 1. The molecule has 0 aliphatic rings. The van der Waals surface area contributed by atoms with Crippen LogP contribution in [0.25, 0.3) is 16.9 Å². The number of methoxy groups -OCH3 is 1. The van der Waals surface area contributed by atoms with Gasteiger partial charge in [0, 0.05) is 16.9 Å². The van der Waals surface area contributed by atoms with Gasteiger partial charge >= 0.3 is 0 Å². The van der Waals surface area contributed by atoms with Crippen LogP contribution in [0.15, 0.2) is 78.9 Å². The molecule has 5 rings (SSSR count). The molecule has 3 aromatic carbocycles. The van der Waals surface area contributed by atoms with Crippen LogP contribution in [0.4, 0.5) is 23.0 Å². The molecule has 1 amide bonds. The first-order chi connectivity index (χ1) is 18.0. The van der Waals surface area contributed by atoms with E-state index >= 15 is 0 Å². The lowest BCUT2D eigenvalue weighted by atomic mass is 10.1. The number of hydrogen-bond donors (Lipinski definition) is 3. The van der Waals surface area contributed by atoms with E-state index in [4.69, 9.17) is 15.5 Å². The van der Waals surface area contributed by atoms with Crippen molar-refractivity contribution in [1.29, 1.82) is 5.26 Å². The van der Waals surface area contributed by atoms with Crippen LogP contribution in [0, 0.1) is 18.3 Å². The zero-order chi connectivity index (χ0) is 25.9. The fraction of sp³-hybridized carbons (Fsp3) is 0.0714. The Kier molecular flexibility index (Phi) is 6.14. The van der Waals surface area contributed by atoms with E-state index in [0.29, 0.717) is 28.4 Å². The second-order valence-electron chi connectivity index (χ2n) is 8.33. The normalized spacial score (nSPS) is 10.6. The molecular formula is C28H23N7O2. The number of nitriles is 1. The largest absolute Gasteiger partial charge is 0.497 e. The van der Waals surface area contributed by atoms with Gasteiger partial charge in [-0.3, -0.25) is 4.79 Å². The van der Waals surface area contributed by atoms with Crippen molar-refractivity contribution < 1.29 is 9.53 Å². The van der Waals surface area contributed by atoms with E-state index < -0.39 is 5.91 Å². The Morgan fingerprint density at radius 3 is 2.35 bits per heavy atom. The number of para-hydroxylation sites is 1. The second-order valence-corrected chi connectivity index (χ2v) is 8.33. The minimum absolute atomic E-state index is 0.0830. The van der Waals surface area contributed by atoms with Gasteiger partial charge in [-0.1, -0.05) is 48.0 Å². The fourth-order valence-electron chi connectivity index (χ4n) is 3.92. The molecule has 0 saturated heterocycles. The smallest absolute Gasteiger partial charge is 0.263 e. The Hall–Kier alpha value is -5.36. The molecule has 0 radical (unpaired) electrons. The topological polar surface area (TPSA) is 130 Å². The summed E-state index contributed by atoms with van der Waals surface area (Å²) in [5.74, 6) is 0.584. The maximum atomic E-state index is 13.6. The van der Waals surface area contributed by atoms with Gasteiger partial charge in [0.25, 0.3) is 5.91 Å². The molecule has 0 aliphatic heterocycles. The summed E-state index contributed by atoms with van der Waals surface area (Å²) in [7, 11) is 1.59. The summed E-state index contributed by atoms with van der Waals surface area (Å²) >= 11 is 0. The third-order valence-corrected chi connectivity index (χ3v) is 5.85. The van der Waals surface area contributed by atoms with Crippen molar-refractivity contribution in [2.45, 2.75) is 6.92 Å². The Morgan fingerprint density at radius 2 is 1.70 bits per heavy atom. The summed E-state index contributed by atoms with van der Waals surface area (Å²) in [6.07, 6.45) is 0. The van der Waals surface area contributed by atoms with Crippen LogP contribution in [0.5, 0.6) is 5.75 Å². The monoisotopic (exact) mass is 489 g/mol. The number of hydrogen-bond acceptors (Lipinski definition) is 7. The molecule has 5 aromatic rings. The minimum atomic E-state index is -0.427. The molecule has 0 aliphatic carbocycles. The van der Waals surface area contributed by atoms with Crippen LogP contribution in [-0.4, -0.2) is 27.6 Å². The maximum absolute atomic E-state index is 13.6. The number of benzene rings is 3. The summed E-state index contributed by atoms with van der Waals surface area (Å²) < 4.78 is 6.55. The fourth-order valence-corrected chi connectivity index (χ4v) is 3.92. The Bertz CT molecular complexity index is 1640. The van der Waals surface area contributed by atoms with Gasteiger partial charge < -0.3 is 21.1 Å². The number of amides is 1. The second kappa shape index (κ2) is 9.71. The van der Waals surface area contributed by atoms with E-state index in [1.807, 2.05) is 49.4 Å². The zero-order valence-electron chi connectivity index (χ0n) is 20.2. The summed E-state index contributed by atoms with van der Waals surface area (Å²) in [6, 6.07) is 26.0. The molecule has 4 N–H and O–H groups in total. The van der Waals surface area contributed by atoms with Gasteiger partial charge in [0.05, 0.1) is 12.8 Å². The van der Waals surface area contributed by atoms with Crippen molar-refractivity contribution in [2.75, 3.05) is 23.5 Å². The molecular weight excluding hydrogens is 466 g/mol. The van der Waals surface area contributed by atoms with Gasteiger partial charge in [0.15, 0.2) is 11.5 Å². The third kappa shape index (κ3) is 4.51. The van der Waals surface area contributed by atoms with Crippen LogP contribution in [0.3, 0.4) is 0 Å². The van der Waals surface area contributed by atoms with E-state index in [1.54, 1.807) is 43.5 Å². The predicted molar refractivity (Wildman–Crippen MR) is 143 cm³/mol. The maximum Gasteiger partial charge on any atom is 0.263 e. The average molecular weight is 490 g/mol. The number of ether oxygens (including phenoxy) is 1. The van der Waals surface area contributed by atoms with E-state index in [2.05, 4.69) is 21.8 Å². The Labute approximate surface area is 213 Å². The number of nitrogen functional groups attached to an aromatic ring is 1. The number of rotatable bonds is 6. The summed E-state index contributed by atoms with van der Waals surface area (Å²) in [5, 5.41) is 20.5. The van der Waals surface area contributed by atoms with Crippen molar-refractivity contribution in [1.82, 2.24) is 14.6 Å². The summed E-state index contributed by atoms with van der Waals surface area (Å²) in [4.78, 5) is 18.3. The highest BCUT2D eigenvalue weighted by Gasteiger charge is 2.26. The Balaban J connectivity index is 1.70. The molecule has 0 fully saturated rings. The molecule has 0 atom stereocenters. The van der Waals surface area contributed by atoms with Crippen LogP contribution < -0.4 is 21.1 Å². The lowest BCUT2D eigenvalue weighted by molar-refractivity contribution is 0.102. The summed E-state index contributed by atoms with van der Waals surface area (Å²) in [6.45, 7) is 1.97. The molecule has 0 unspecified atom stereocenters. The van der Waals surface area contributed by atoms with Crippen molar-refractivity contribution >= 4 is 34.6 Å². The van der Waals surface area contributed by atoms with Crippen LogP contribution in [-0.2, 0) is 0 Å². The molecule has 0 spiro atoms. The highest BCUT2D eigenvalue weighted by Crippen LogP contribution is 2.32. The molecule has 9 heteroatoms. The van der Waals surface area contributed by atoms with Crippen molar-refractivity contribution in [3.8, 4) is 23.1 Å². The highest BCUT2D eigenvalue weighted by atomic mass is 16.5. The lowest BCUT2D eigenvalue weighted by Gasteiger charge is -2.10. The number of nitrogens with zero attached hydrogens (tertiary/aromatic N) is 4. The number of fused-ring (bicyclic) bond motifs is 1. The molecule has 2 heterocycles. The van der Waals surface area contributed by atoms with Gasteiger partial charge in [-0.15, -0.1) is 5.10 Å². The van der Waals surface area contributed by atoms with Gasteiger partial charge in [-0.2, -0.15) is 9.78 Å². The molecule has 0 bridgehead atoms. The SMILES string of the molecule is COc1ccc(Nc2nn3c(N)c(C#N)c(-c4ccc(C)cc4)nc3c2C(=O)Nc2ccccc2)cc1. The number of carbonyl (C=O) groups is 1. The standard InChI is InChI=1S/C28H23N7O2/c1-17-8-10-18(11-9-17)24-22(16-29)25(30)35-27(33-24)23(28(36)32-19-6-4-3-5-7-19)26(34-35)31-20-12-14-21(37-2)15-13-20/h3-15H,30H2,1-2H3,(H,31,34)(H,32,36). The lowest BCUT2D eigenvalue weighted by Crippen LogP contribution is -2.14. The van der Waals surface area contributed by atoms with Gasteiger partial charge in [-0.05, 0) is 43.3 Å². The van der Waals surface area contributed by atoms with Crippen molar-refractivity contribution in [3.63, 3.8) is 0 Å². The first kappa shape index (κ1) is 23.4. The quantitative estimate of drug-likeness (QED) is 0.300. The van der Waals surface area contributed by atoms with E-state index in [9.17, 15) is 10.1 Å². The number of aryl methyl sites for hydroxylation is 1. The highest BCUT2D eigenvalue weighted by molar-refractivity contribution is 6.12. The first-order valence-electron chi connectivity index (χ1n) is 11.5. The average Bonchev–Trinajstić information content (AvgIpc) is 3.28. The van der Waals surface area contributed by atoms with Crippen LogP contribution in [0.2, 0.25) is 0 Å². The molecule has 0 saturated carbocycles. The third-order valence-electron chi connectivity index (χ3n) is 5.85. The molecule has 2 aromatic heterocycles. The number of anilines is 4. The summed E-state index contributed by atoms with van der Waals surface area (Å²) in [5.41, 5.74) is 10.4. The zero-order valence-corrected chi connectivity index (χ0v) is 20.2. The van der Waals surface area contributed by atoms with Crippen molar-refractivity contribution in [3.05, 3.63) is 95.6 Å². The van der Waals surface area contributed by atoms with Gasteiger partial charge in [0.1, 0.15) is 28.8 Å². The van der Waals surface area contributed by atoms with Crippen LogP contribution in [0.1, 0.15) is 21.5 Å². The Morgan fingerprint density at radius 1 is 1.00 bits per heavy atom. The van der Waals surface area contributed by atoms with E-state index in [-0.39, 0.29) is 28.4 Å². The number of aromatic nitrogens is 3. The predicted octanol–water partition coefficient (Wildman–Crippen LogP) is 5.16. The molecule has 182 valence electrons. The first-order valence-corrected chi connectivity index (χ1v) is 11.5. The van der Waals surface area contributed by atoms with E-state index in [1.165, 1.54) is 4.52 Å². The van der Waals surface area contributed by atoms with Gasteiger partial charge in [0.2, 0.25) is 0 Å². The minimum Gasteiger partial charge on any atom is -0.497 e. The van der Waals surface area contributed by atoms with Gasteiger partial charge in [-0.25, -0.2) is 4.98 Å². The molecule has 37 heavy (non-hydrogen) atoms.